The fraction of sp³-hybridized carbons (Fsp3) is 0.286. The quantitative estimate of drug-likeness (QED) is 0.625. The normalized spacial score (nSPS) is 16.6. The number of ether oxygens (including phenoxy) is 1. The average molecular weight is 415 g/mol. The van der Waals surface area contributed by atoms with Crippen molar-refractivity contribution >= 4 is 17.2 Å². The first kappa shape index (κ1) is 19.4. The number of para-hydroxylation sites is 1. The Morgan fingerprint density at radius 1 is 1.10 bits per heavy atom. The van der Waals surface area contributed by atoms with Crippen LogP contribution in [0.4, 0.5) is 8.78 Å². The van der Waals surface area contributed by atoms with E-state index in [1.807, 2.05) is 0 Å². The van der Waals surface area contributed by atoms with Gasteiger partial charge >= 0.3 is 0 Å². The maximum Gasteiger partial charge on any atom is 0.260 e. The van der Waals surface area contributed by atoms with Crippen LogP contribution in [0, 0.1) is 11.6 Å². The fourth-order valence-electron chi connectivity index (χ4n) is 3.34. The second kappa shape index (κ2) is 8.65. The van der Waals surface area contributed by atoms with E-state index >= 15 is 0 Å². The minimum Gasteiger partial charge on any atom is -0.481 e. The van der Waals surface area contributed by atoms with Crippen molar-refractivity contribution in [2.45, 2.75) is 18.8 Å². The van der Waals surface area contributed by atoms with Crippen LogP contribution < -0.4 is 4.74 Å². The molecule has 1 atom stereocenters. The highest BCUT2D eigenvalue weighted by Crippen LogP contribution is 2.33. The Bertz CT molecular complexity index is 1010. The molecule has 5 nitrogen and oxygen atoms in total. The molecule has 1 amide bonds. The summed E-state index contributed by atoms with van der Waals surface area (Å²) in [6.45, 7) is 0.893. The number of hydrogen-bond donors (Lipinski definition) is 0. The molecule has 0 radical (unpaired) electrons. The molecule has 1 aromatic heterocycles. The van der Waals surface area contributed by atoms with Crippen molar-refractivity contribution in [3.05, 3.63) is 65.2 Å². The van der Waals surface area contributed by atoms with Crippen molar-refractivity contribution in [1.29, 1.82) is 0 Å². The predicted molar refractivity (Wildman–Crippen MR) is 106 cm³/mol. The summed E-state index contributed by atoms with van der Waals surface area (Å²) in [6.07, 6.45) is 1.70. The number of likely N-dealkylation sites (tertiary alicyclic amines) is 1. The van der Waals surface area contributed by atoms with Crippen LogP contribution in [0.3, 0.4) is 0 Å². The topological polar surface area (TPSA) is 55.3 Å². The number of carbonyl (C=O) groups is 1. The highest BCUT2D eigenvalue weighted by molar-refractivity contribution is 7.14. The molecule has 1 aliphatic rings. The Hall–Kier alpha value is -2.87. The average Bonchev–Trinajstić information content (AvgIpc) is 3.23. The van der Waals surface area contributed by atoms with Crippen LogP contribution in [0.5, 0.6) is 5.75 Å². The minimum absolute atomic E-state index is 0.0409. The van der Waals surface area contributed by atoms with Gasteiger partial charge in [0.15, 0.2) is 23.2 Å². The van der Waals surface area contributed by atoms with Gasteiger partial charge in [-0.1, -0.05) is 35.6 Å². The third-order valence-corrected chi connectivity index (χ3v) is 5.98. The van der Waals surface area contributed by atoms with Crippen molar-refractivity contribution in [3.8, 4) is 16.3 Å². The zero-order chi connectivity index (χ0) is 20.2. The van der Waals surface area contributed by atoms with E-state index in [-0.39, 0.29) is 30.0 Å². The summed E-state index contributed by atoms with van der Waals surface area (Å²) < 4.78 is 33.0. The monoisotopic (exact) mass is 415 g/mol. The number of halogens is 2. The molecular formula is C21H19F2N3O2S. The Morgan fingerprint density at radius 2 is 1.86 bits per heavy atom. The summed E-state index contributed by atoms with van der Waals surface area (Å²) in [6, 6.07) is 12.5. The number of amides is 1. The number of aromatic nitrogens is 2. The van der Waals surface area contributed by atoms with Crippen molar-refractivity contribution < 1.29 is 18.3 Å². The second-order valence-corrected chi connectivity index (χ2v) is 7.83. The zero-order valence-electron chi connectivity index (χ0n) is 15.6. The molecule has 29 heavy (non-hydrogen) atoms. The van der Waals surface area contributed by atoms with Gasteiger partial charge in [-0.3, -0.25) is 4.79 Å². The predicted octanol–water partition coefficient (Wildman–Crippen LogP) is 4.27. The van der Waals surface area contributed by atoms with Crippen molar-refractivity contribution in [1.82, 2.24) is 15.1 Å². The lowest BCUT2D eigenvalue weighted by atomic mass is 9.99. The molecule has 0 saturated carbocycles. The van der Waals surface area contributed by atoms with Crippen LogP contribution in [0.15, 0.2) is 48.5 Å². The van der Waals surface area contributed by atoms with E-state index in [0.717, 1.165) is 17.8 Å². The molecule has 8 heteroatoms. The SMILES string of the molecule is O=C(COc1ccccc1F)N1CCCC(c2nnc(-c3ccccc3F)s2)C1. The maximum atomic E-state index is 14.0. The van der Waals surface area contributed by atoms with Crippen molar-refractivity contribution in [2.75, 3.05) is 19.7 Å². The summed E-state index contributed by atoms with van der Waals surface area (Å²) in [5.74, 6) is -0.920. The first-order valence-electron chi connectivity index (χ1n) is 9.35. The lowest BCUT2D eigenvalue weighted by molar-refractivity contribution is -0.134. The van der Waals surface area contributed by atoms with E-state index < -0.39 is 5.82 Å². The van der Waals surface area contributed by atoms with Gasteiger partial charge in [-0.25, -0.2) is 8.78 Å². The molecule has 1 fully saturated rings. The van der Waals surface area contributed by atoms with Gasteiger partial charge in [0, 0.05) is 24.6 Å². The van der Waals surface area contributed by atoms with Gasteiger partial charge in [-0.2, -0.15) is 0 Å². The van der Waals surface area contributed by atoms with Gasteiger partial charge < -0.3 is 9.64 Å². The molecular weight excluding hydrogens is 396 g/mol. The van der Waals surface area contributed by atoms with Crippen molar-refractivity contribution in [2.24, 2.45) is 0 Å². The summed E-state index contributed by atoms with van der Waals surface area (Å²) >= 11 is 1.35. The number of rotatable bonds is 5. The first-order valence-corrected chi connectivity index (χ1v) is 10.2. The number of nitrogens with zero attached hydrogens (tertiary/aromatic N) is 3. The Labute approximate surface area is 171 Å². The summed E-state index contributed by atoms with van der Waals surface area (Å²) in [5, 5.41) is 9.70. The number of piperidine rings is 1. The molecule has 4 rings (SSSR count). The molecule has 0 aliphatic carbocycles. The van der Waals surface area contributed by atoms with Gasteiger partial charge in [-0.05, 0) is 37.1 Å². The number of hydrogen-bond acceptors (Lipinski definition) is 5. The van der Waals surface area contributed by atoms with E-state index in [1.165, 1.54) is 29.5 Å². The lowest BCUT2D eigenvalue weighted by Crippen LogP contribution is -2.41. The van der Waals surface area contributed by atoms with Gasteiger partial charge in [0.25, 0.3) is 5.91 Å². The molecule has 2 aromatic carbocycles. The molecule has 150 valence electrons. The van der Waals surface area contributed by atoms with Gasteiger partial charge in [0.2, 0.25) is 0 Å². The highest BCUT2D eigenvalue weighted by Gasteiger charge is 2.28. The van der Waals surface area contributed by atoms with E-state index in [9.17, 15) is 13.6 Å². The summed E-state index contributed by atoms with van der Waals surface area (Å²) in [4.78, 5) is 14.2. The molecule has 1 saturated heterocycles. The van der Waals surface area contributed by atoms with Crippen LogP contribution in [0.1, 0.15) is 23.8 Å². The van der Waals surface area contributed by atoms with Crippen LogP contribution in [0.25, 0.3) is 10.6 Å². The molecule has 2 heterocycles. The fourth-order valence-corrected chi connectivity index (χ4v) is 4.34. The summed E-state index contributed by atoms with van der Waals surface area (Å²) in [5.41, 5.74) is 0.429. The van der Waals surface area contributed by atoms with Crippen LogP contribution >= 0.6 is 11.3 Å². The smallest absolute Gasteiger partial charge is 0.260 e. The van der Waals surface area contributed by atoms with Crippen LogP contribution in [-0.2, 0) is 4.79 Å². The van der Waals surface area contributed by atoms with Crippen molar-refractivity contribution in [3.63, 3.8) is 0 Å². The molecule has 1 aliphatic heterocycles. The first-order chi connectivity index (χ1) is 14.1. The standard InChI is InChI=1S/C21H19F2N3O2S/c22-16-8-2-1-7-15(16)21-25-24-20(29-21)14-6-5-11-26(12-14)19(27)13-28-18-10-4-3-9-17(18)23/h1-4,7-10,14H,5-6,11-13H2. The minimum atomic E-state index is -0.494. The zero-order valence-corrected chi connectivity index (χ0v) is 16.4. The Balaban J connectivity index is 1.40. The Kier molecular flexibility index (Phi) is 5.80. The van der Waals surface area contributed by atoms with Gasteiger partial charge in [0.1, 0.15) is 10.8 Å². The molecule has 0 bridgehead atoms. The molecule has 0 spiro atoms. The van der Waals surface area contributed by atoms with Crippen LogP contribution in [0.2, 0.25) is 0 Å². The molecule has 1 unspecified atom stereocenters. The number of carbonyl (C=O) groups excluding carboxylic acids is 1. The van der Waals surface area contributed by atoms with E-state index in [0.29, 0.717) is 23.7 Å². The van der Waals surface area contributed by atoms with Crippen LogP contribution in [-0.4, -0.2) is 40.7 Å². The largest absolute Gasteiger partial charge is 0.481 e. The van der Waals surface area contributed by atoms with E-state index in [2.05, 4.69) is 10.2 Å². The molecule has 3 aromatic rings. The summed E-state index contributed by atoms with van der Waals surface area (Å²) in [7, 11) is 0. The lowest BCUT2D eigenvalue weighted by Gasteiger charge is -2.31. The second-order valence-electron chi connectivity index (χ2n) is 6.82. The van der Waals surface area contributed by atoms with Gasteiger partial charge in [-0.15, -0.1) is 10.2 Å². The maximum absolute atomic E-state index is 14.0. The molecule has 0 N–H and O–H groups in total. The highest BCUT2D eigenvalue weighted by atomic mass is 32.1. The third kappa shape index (κ3) is 4.42. The third-order valence-electron chi connectivity index (χ3n) is 4.86. The van der Waals surface area contributed by atoms with E-state index in [1.54, 1.807) is 35.2 Å². The van der Waals surface area contributed by atoms with E-state index in [4.69, 9.17) is 4.74 Å². The Morgan fingerprint density at radius 3 is 2.66 bits per heavy atom. The number of benzene rings is 2. The van der Waals surface area contributed by atoms with Gasteiger partial charge in [0.05, 0.1) is 0 Å².